The molecule has 2 rings (SSSR count). The minimum atomic E-state index is -0.212. The highest BCUT2D eigenvalue weighted by molar-refractivity contribution is 9.10. The van der Waals surface area contributed by atoms with Gasteiger partial charge >= 0.3 is 0 Å². The molecule has 100 valence electrons. The zero-order valence-electron chi connectivity index (χ0n) is 10.7. The van der Waals surface area contributed by atoms with Crippen molar-refractivity contribution in [1.82, 2.24) is 9.88 Å². The predicted octanol–water partition coefficient (Wildman–Crippen LogP) is 2.18. The van der Waals surface area contributed by atoms with Crippen LogP contribution in [-0.2, 0) is 7.05 Å². The lowest BCUT2D eigenvalue weighted by Gasteiger charge is -2.33. The van der Waals surface area contributed by atoms with E-state index in [1.54, 1.807) is 0 Å². The third-order valence-corrected chi connectivity index (χ3v) is 4.09. The Balaban J connectivity index is 1.94. The van der Waals surface area contributed by atoms with Crippen LogP contribution in [0.5, 0.6) is 0 Å². The second-order valence-electron chi connectivity index (χ2n) is 5.26. The van der Waals surface area contributed by atoms with Crippen LogP contribution < -0.4 is 11.1 Å². The van der Waals surface area contributed by atoms with Crippen LogP contribution in [0, 0.1) is 0 Å². The van der Waals surface area contributed by atoms with Gasteiger partial charge in [0, 0.05) is 29.8 Å². The molecule has 3 N–H and O–H groups in total. The number of hydrogen-bond acceptors (Lipinski definition) is 2. The quantitative estimate of drug-likeness (QED) is 0.898. The number of carbonyl (C=O) groups excluding carboxylic acids is 1. The summed E-state index contributed by atoms with van der Waals surface area (Å²) in [6.45, 7) is 0.564. The van der Waals surface area contributed by atoms with Gasteiger partial charge in [-0.1, -0.05) is 19.3 Å². The average molecular weight is 314 g/mol. The summed E-state index contributed by atoms with van der Waals surface area (Å²) in [5.74, 6) is -0.0569. The Morgan fingerprint density at radius 1 is 1.50 bits per heavy atom. The molecule has 18 heavy (non-hydrogen) atoms. The van der Waals surface area contributed by atoms with Gasteiger partial charge < -0.3 is 15.6 Å². The van der Waals surface area contributed by atoms with Crippen molar-refractivity contribution >= 4 is 21.8 Å². The second kappa shape index (κ2) is 5.45. The molecular formula is C13H20BrN3O. The van der Waals surface area contributed by atoms with E-state index in [1.807, 2.05) is 23.9 Å². The van der Waals surface area contributed by atoms with Crippen LogP contribution in [0.1, 0.15) is 42.6 Å². The van der Waals surface area contributed by atoms with Gasteiger partial charge in [-0.05, 0) is 34.8 Å². The molecule has 0 unspecified atom stereocenters. The van der Waals surface area contributed by atoms with Crippen molar-refractivity contribution in [3.8, 4) is 0 Å². The summed E-state index contributed by atoms with van der Waals surface area (Å²) in [5.41, 5.74) is 6.74. The molecule has 0 saturated heterocycles. The molecule has 1 aliphatic rings. The van der Waals surface area contributed by atoms with Gasteiger partial charge in [-0.25, -0.2) is 0 Å². The molecule has 0 spiro atoms. The fourth-order valence-corrected chi connectivity index (χ4v) is 3.05. The first-order valence-electron chi connectivity index (χ1n) is 6.39. The van der Waals surface area contributed by atoms with E-state index in [-0.39, 0.29) is 11.4 Å². The Kier molecular flexibility index (Phi) is 4.12. The molecule has 1 amide bonds. The van der Waals surface area contributed by atoms with E-state index in [1.165, 1.54) is 19.3 Å². The standard InChI is InChI=1S/C13H20BrN3O/c1-17-8-10(14)7-11(17)12(18)16-9-13(15)5-3-2-4-6-13/h7-8H,2-6,9,15H2,1H3,(H,16,18). The number of rotatable bonds is 3. The molecule has 0 atom stereocenters. The number of aryl methyl sites for hydroxylation is 1. The molecule has 1 aromatic rings. The van der Waals surface area contributed by atoms with Crippen LogP contribution in [0.25, 0.3) is 0 Å². The topological polar surface area (TPSA) is 60.0 Å². The number of aromatic nitrogens is 1. The number of nitrogens with zero attached hydrogens (tertiary/aromatic N) is 1. The van der Waals surface area contributed by atoms with Crippen LogP contribution in [0.3, 0.4) is 0 Å². The first-order chi connectivity index (χ1) is 8.50. The second-order valence-corrected chi connectivity index (χ2v) is 6.18. The summed E-state index contributed by atoms with van der Waals surface area (Å²) in [7, 11) is 1.86. The van der Waals surface area contributed by atoms with E-state index in [9.17, 15) is 4.79 Å². The lowest BCUT2D eigenvalue weighted by molar-refractivity contribution is 0.0929. The minimum Gasteiger partial charge on any atom is -0.349 e. The van der Waals surface area contributed by atoms with Crippen molar-refractivity contribution in [2.45, 2.75) is 37.6 Å². The van der Waals surface area contributed by atoms with Gasteiger partial charge in [0.15, 0.2) is 0 Å². The normalized spacial score (nSPS) is 18.6. The molecule has 4 nitrogen and oxygen atoms in total. The molecule has 0 radical (unpaired) electrons. The molecule has 1 heterocycles. The summed E-state index contributed by atoms with van der Waals surface area (Å²) in [5, 5.41) is 2.96. The minimum absolute atomic E-state index is 0.0569. The maximum atomic E-state index is 12.1. The van der Waals surface area contributed by atoms with Crippen molar-refractivity contribution in [3.05, 3.63) is 22.4 Å². The zero-order valence-corrected chi connectivity index (χ0v) is 12.3. The van der Waals surface area contributed by atoms with Crippen molar-refractivity contribution in [2.24, 2.45) is 12.8 Å². The van der Waals surface area contributed by atoms with Gasteiger partial charge in [-0.3, -0.25) is 4.79 Å². The highest BCUT2D eigenvalue weighted by atomic mass is 79.9. The van der Waals surface area contributed by atoms with E-state index >= 15 is 0 Å². The first-order valence-corrected chi connectivity index (χ1v) is 7.18. The van der Waals surface area contributed by atoms with Gasteiger partial charge in [0.2, 0.25) is 0 Å². The van der Waals surface area contributed by atoms with E-state index in [2.05, 4.69) is 21.2 Å². The van der Waals surface area contributed by atoms with E-state index < -0.39 is 0 Å². The molecule has 5 heteroatoms. The van der Waals surface area contributed by atoms with Crippen molar-refractivity contribution < 1.29 is 4.79 Å². The molecular weight excluding hydrogens is 294 g/mol. The lowest BCUT2D eigenvalue weighted by atomic mass is 9.82. The Labute approximate surface area is 116 Å². The highest BCUT2D eigenvalue weighted by Crippen LogP contribution is 2.25. The Morgan fingerprint density at radius 3 is 2.72 bits per heavy atom. The van der Waals surface area contributed by atoms with Crippen LogP contribution in [0.2, 0.25) is 0 Å². The molecule has 1 saturated carbocycles. The maximum absolute atomic E-state index is 12.1. The van der Waals surface area contributed by atoms with Gasteiger partial charge in [0.1, 0.15) is 5.69 Å². The van der Waals surface area contributed by atoms with Crippen LogP contribution in [0.15, 0.2) is 16.7 Å². The Bertz CT molecular complexity index is 435. The zero-order chi connectivity index (χ0) is 13.2. The number of nitrogens with two attached hydrogens (primary N) is 1. The maximum Gasteiger partial charge on any atom is 0.267 e. The van der Waals surface area contributed by atoms with Crippen molar-refractivity contribution in [1.29, 1.82) is 0 Å². The largest absolute Gasteiger partial charge is 0.349 e. The molecule has 1 fully saturated rings. The summed E-state index contributed by atoms with van der Waals surface area (Å²) < 4.78 is 2.72. The summed E-state index contributed by atoms with van der Waals surface area (Å²) in [6.07, 6.45) is 7.48. The smallest absolute Gasteiger partial charge is 0.267 e. The van der Waals surface area contributed by atoms with E-state index in [0.29, 0.717) is 12.2 Å². The molecule has 0 aliphatic heterocycles. The first kappa shape index (κ1) is 13.6. The van der Waals surface area contributed by atoms with Crippen LogP contribution >= 0.6 is 15.9 Å². The van der Waals surface area contributed by atoms with E-state index in [4.69, 9.17) is 5.73 Å². The summed E-state index contributed by atoms with van der Waals surface area (Å²) >= 11 is 3.36. The number of nitrogens with one attached hydrogen (secondary N) is 1. The lowest BCUT2D eigenvalue weighted by Crippen LogP contribution is -2.51. The summed E-state index contributed by atoms with van der Waals surface area (Å²) in [4.78, 5) is 12.1. The van der Waals surface area contributed by atoms with Crippen molar-refractivity contribution in [3.63, 3.8) is 0 Å². The van der Waals surface area contributed by atoms with Crippen LogP contribution in [0.4, 0.5) is 0 Å². The molecule has 1 aromatic heterocycles. The van der Waals surface area contributed by atoms with Gasteiger partial charge in [-0.2, -0.15) is 0 Å². The number of carbonyl (C=O) groups is 1. The van der Waals surface area contributed by atoms with Gasteiger partial charge in [-0.15, -0.1) is 0 Å². The fourth-order valence-electron chi connectivity index (χ4n) is 2.53. The third-order valence-electron chi connectivity index (χ3n) is 3.65. The fraction of sp³-hybridized carbons (Fsp3) is 0.615. The monoisotopic (exact) mass is 313 g/mol. The Morgan fingerprint density at radius 2 is 2.17 bits per heavy atom. The van der Waals surface area contributed by atoms with Crippen molar-refractivity contribution in [2.75, 3.05) is 6.54 Å². The Hall–Kier alpha value is -0.810. The number of amides is 1. The highest BCUT2D eigenvalue weighted by Gasteiger charge is 2.28. The SMILES string of the molecule is Cn1cc(Br)cc1C(=O)NCC1(N)CCCCC1. The van der Waals surface area contributed by atoms with Gasteiger partial charge in [0.05, 0.1) is 0 Å². The predicted molar refractivity (Wildman–Crippen MR) is 75.4 cm³/mol. The average Bonchev–Trinajstić information content (AvgIpc) is 2.67. The number of hydrogen-bond donors (Lipinski definition) is 2. The molecule has 0 aromatic carbocycles. The molecule has 1 aliphatic carbocycles. The van der Waals surface area contributed by atoms with E-state index in [0.717, 1.165) is 17.3 Å². The molecule has 0 bridgehead atoms. The third kappa shape index (κ3) is 3.14. The van der Waals surface area contributed by atoms with Crippen LogP contribution in [-0.4, -0.2) is 22.6 Å². The number of halogens is 1. The van der Waals surface area contributed by atoms with Gasteiger partial charge in [0.25, 0.3) is 5.91 Å². The summed E-state index contributed by atoms with van der Waals surface area (Å²) in [6, 6.07) is 1.82.